The van der Waals surface area contributed by atoms with Crippen molar-refractivity contribution in [3.05, 3.63) is 9.39 Å². The predicted molar refractivity (Wildman–Crippen MR) is 75.5 cm³/mol. The second-order valence-electron chi connectivity index (χ2n) is 4.21. The molecule has 0 saturated heterocycles. The van der Waals surface area contributed by atoms with Gasteiger partial charge in [0.2, 0.25) is 0 Å². The Labute approximate surface area is 112 Å². The van der Waals surface area contributed by atoms with Gasteiger partial charge in [0.15, 0.2) is 0 Å². The number of halogens is 1. The van der Waals surface area contributed by atoms with E-state index in [0.717, 1.165) is 16.7 Å². The molecule has 0 saturated carbocycles. The molecule has 3 nitrogen and oxygen atoms in total. The van der Waals surface area contributed by atoms with Gasteiger partial charge in [0.1, 0.15) is 3.70 Å². The van der Waals surface area contributed by atoms with Crippen LogP contribution in [0.5, 0.6) is 0 Å². The summed E-state index contributed by atoms with van der Waals surface area (Å²) in [4.78, 5) is 0. The molecule has 1 heterocycles. The van der Waals surface area contributed by atoms with E-state index >= 15 is 0 Å². The lowest BCUT2D eigenvalue weighted by molar-refractivity contribution is 0.508. The Balaban J connectivity index is 2.44. The van der Waals surface area contributed by atoms with Crippen LogP contribution in [0.4, 0.5) is 0 Å². The summed E-state index contributed by atoms with van der Waals surface area (Å²) in [6, 6.07) is 0. The van der Waals surface area contributed by atoms with Crippen molar-refractivity contribution in [1.29, 1.82) is 0 Å². The van der Waals surface area contributed by atoms with Crippen molar-refractivity contribution in [3.8, 4) is 0 Å². The van der Waals surface area contributed by atoms with Crippen LogP contribution >= 0.6 is 22.6 Å². The third-order valence-electron chi connectivity index (χ3n) is 2.78. The number of hydrogen-bond donors (Lipinski definition) is 0. The first-order valence-electron chi connectivity index (χ1n) is 6.37. The smallest absolute Gasteiger partial charge is 0.146 e. The van der Waals surface area contributed by atoms with Crippen molar-refractivity contribution < 1.29 is 0 Å². The zero-order chi connectivity index (χ0) is 11.8. The molecule has 0 aliphatic rings. The third kappa shape index (κ3) is 4.39. The lowest BCUT2D eigenvalue weighted by atomic mass is 10.2. The average Bonchev–Trinajstić information content (AvgIpc) is 2.63. The van der Waals surface area contributed by atoms with Gasteiger partial charge in [0, 0.05) is 6.54 Å². The molecule has 0 amide bonds. The number of aryl methyl sites for hydroxylation is 1. The van der Waals surface area contributed by atoms with E-state index in [4.69, 9.17) is 0 Å². The number of unbranched alkanes of at least 4 members (excludes halogenated alkanes) is 4. The molecule has 0 fully saturated rings. The monoisotopic (exact) mass is 335 g/mol. The van der Waals surface area contributed by atoms with Gasteiger partial charge < -0.3 is 0 Å². The van der Waals surface area contributed by atoms with Crippen molar-refractivity contribution in [2.75, 3.05) is 0 Å². The number of aromatic nitrogens is 3. The molecule has 92 valence electrons. The molecule has 1 aromatic rings. The Morgan fingerprint density at radius 2 is 1.81 bits per heavy atom. The summed E-state index contributed by atoms with van der Waals surface area (Å²) >= 11 is 2.29. The summed E-state index contributed by atoms with van der Waals surface area (Å²) in [6.07, 6.45) is 8.74. The summed E-state index contributed by atoms with van der Waals surface area (Å²) in [7, 11) is 0. The van der Waals surface area contributed by atoms with Gasteiger partial charge in [-0.3, -0.25) is 0 Å². The minimum Gasteiger partial charge on any atom is -0.248 e. The van der Waals surface area contributed by atoms with Crippen molar-refractivity contribution >= 4 is 22.6 Å². The molecule has 0 bridgehead atoms. The standard InChI is InChI=1S/C12H22IN3/c1-3-5-7-8-10-16-11(9-6-4-2)12(13)14-15-16/h3-10H2,1-2H3. The number of hydrogen-bond acceptors (Lipinski definition) is 2. The van der Waals surface area contributed by atoms with Gasteiger partial charge in [-0.1, -0.05) is 44.7 Å². The molecular weight excluding hydrogens is 313 g/mol. The highest BCUT2D eigenvalue weighted by molar-refractivity contribution is 14.1. The highest BCUT2D eigenvalue weighted by atomic mass is 127. The van der Waals surface area contributed by atoms with E-state index < -0.39 is 0 Å². The summed E-state index contributed by atoms with van der Waals surface area (Å²) in [5, 5.41) is 8.39. The number of rotatable bonds is 8. The van der Waals surface area contributed by atoms with E-state index in [1.165, 1.54) is 44.2 Å². The molecule has 1 rings (SSSR count). The van der Waals surface area contributed by atoms with Gasteiger partial charge in [-0.2, -0.15) is 0 Å². The van der Waals surface area contributed by atoms with Crippen LogP contribution in [0.1, 0.15) is 58.1 Å². The molecule has 1 aromatic heterocycles. The van der Waals surface area contributed by atoms with Gasteiger partial charge in [-0.05, 0) is 41.9 Å². The van der Waals surface area contributed by atoms with Gasteiger partial charge in [0.25, 0.3) is 0 Å². The number of nitrogens with zero attached hydrogens (tertiary/aromatic N) is 3. The maximum absolute atomic E-state index is 4.23. The fourth-order valence-corrected chi connectivity index (χ4v) is 2.40. The van der Waals surface area contributed by atoms with E-state index in [1.54, 1.807) is 0 Å². The van der Waals surface area contributed by atoms with Crippen LogP contribution in [0.3, 0.4) is 0 Å². The van der Waals surface area contributed by atoms with Crippen LogP contribution in [0.2, 0.25) is 0 Å². The summed E-state index contributed by atoms with van der Waals surface area (Å²) < 4.78 is 3.19. The Morgan fingerprint density at radius 1 is 1.06 bits per heavy atom. The van der Waals surface area contributed by atoms with Gasteiger partial charge >= 0.3 is 0 Å². The Bertz CT molecular complexity index is 296. The predicted octanol–water partition coefficient (Wildman–Crippen LogP) is 3.81. The summed E-state index contributed by atoms with van der Waals surface area (Å²) in [5.41, 5.74) is 1.33. The largest absolute Gasteiger partial charge is 0.248 e. The zero-order valence-corrected chi connectivity index (χ0v) is 12.5. The molecule has 16 heavy (non-hydrogen) atoms. The summed E-state index contributed by atoms with van der Waals surface area (Å²) in [6.45, 7) is 5.50. The Morgan fingerprint density at radius 3 is 2.50 bits per heavy atom. The molecule has 0 aliphatic heterocycles. The maximum Gasteiger partial charge on any atom is 0.146 e. The summed E-state index contributed by atoms with van der Waals surface area (Å²) in [5.74, 6) is 0. The quantitative estimate of drug-likeness (QED) is 0.534. The second-order valence-corrected chi connectivity index (χ2v) is 5.24. The third-order valence-corrected chi connectivity index (χ3v) is 3.62. The van der Waals surface area contributed by atoms with Gasteiger partial charge in [0.05, 0.1) is 5.69 Å². The Hall–Kier alpha value is -0.130. The molecule has 0 radical (unpaired) electrons. The van der Waals surface area contributed by atoms with E-state index in [-0.39, 0.29) is 0 Å². The van der Waals surface area contributed by atoms with Crippen molar-refractivity contribution in [2.45, 2.75) is 65.3 Å². The Kier molecular flexibility index (Phi) is 7.00. The fraction of sp³-hybridized carbons (Fsp3) is 0.833. The molecule has 0 atom stereocenters. The first kappa shape index (κ1) is 13.9. The zero-order valence-electron chi connectivity index (χ0n) is 10.4. The van der Waals surface area contributed by atoms with E-state index in [2.05, 4.69) is 51.4 Å². The SMILES string of the molecule is CCCCCCn1nnc(I)c1CCCC. The fourth-order valence-electron chi connectivity index (χ4n) is 1.76. The lowest BCUT2D eigenvalue weighted by Crippen LogP contribution is -2.06. The van der Waals surface area contributed by atoms with Crippen LogP contribution in [0.15, 0.2) is 0 Å². The highest BCUT2D eigenvalue weighted by Crippen LogP contribution is 2.13. The molecule has 0 unspecified atom stereocenters. The molecule has 0 aliphatic carbocycles. The van der Waals surface area contributed by atoms with Gasteiger partial charge in [-0.25, -0.2) is 4.68 Å². The first-order chi connectivity index (χ1) is 7.79. The van der Waals surface area contributed by atoms with Crippen LogP contribution in [-0.2, 0) is 13.0 Å². The van der Waals surface area contributed by atoms with Crippen molar-refractivity contribution in [1.82, 2.24) is 15.0 Å². The molecule has 0 aromatic carbocycles. The van der Waals surface area contributed by atoms with Crippen LogP contribution in [0.25, 0.3) is 0 Å². The van der Waals surface area contributed by atoms with Crippen LogP contribution in [-0.4, -0.2) is 15.0 Å². The minimum absolute atomic E-state index is 1.04. The van der Waals surface area contributed by atoms with Crippen molar-refractivity contribution in [3.63, 3.8) is 0 Å². The second kappa shape index (κ2) is 8.03. The van der Waals surface area contributed by atoms with E-state index in [1.807, 2.05) is 0 Å². The van der Waals surface area contributed by atoms with Gasteiger partial charge in [-0.15, -0.1) is 5.10 Å². The molecular formula is C12H22IN3. The normalized spacial score (nSPS) is 10.9. The van der Waals surface area contributed by atoms with Crippen molar-refractivity contribution in [2.24, 2.45) is 0 Å². The first-order valence-corrected chi connectivity index (χ1v) is 7.45. The maximum atomic E-state index is 4.23. The van der Waals surface area contributed by atoms with Crippen LogP contribution in [0, 0.1) is 3.70 Å². The average molecular weight is 335 g/mol. The van der Waals surface area contributed by atoms with E-state index in [9.17, 15) is 0 Å². The topological polar surface area (TPSA) is 30.7 Å². The van der Waals surface area contributed by atoms with E-state index in [0.29, 0.717) is 0 Å². The minimum atomic E-state index is 1.04. The molecule has 0 spiro atoms. The van der Waals surface area contributed by atoms with Crippen LogP contribution < -0.4 is 0 Å². The molecule has 0 N–H and O–H groups in total. The molecule has 4 heteroatoms. The highest BCUT2D eigenvalue weighted by Gasteiger charge is 2.09. The lowest BCUT2D eigenvalue weighted by Gasteiger charge is -2.05.